The minimum atomic E-state index is -0.148. The van der Waals surface area contributed by atoms with E-state index in [9.17, 15) is 4.79 Å². The smallest absolute Gasteiger partial charge is 0.253 e. The van der Waals surface area contributed by atoms with Gasteiger partial charge >= 0.3 is 0 Å². The van der Waals surface area contributed by atoms with Crippen LogP contribution in [-0.2, 0) is 6.54 Å². The van der Waals surface area contributed by atoms with Gasteiger partial charge in [-0.25, -0.2) is 0 Å². The van der Waals surface area contributed by atoms with Gasteiger partial charge in [0.25, 0.3) is 5.91 Å². The van der Waals surface area contributed by atoms with Crippen molar-refractivity contribution in [2.24, 2.45) is 0 Å². The van der Waals surface area contributed by atoms with Gasteiger partial charge in [0.15, 0.2) is 0 Å². The fraction of sp³-hybridized carbons (Fsp3) is 0.188. The van der Waals surface area contributed by atoms with E-state index >= 15 is 0 Å². The van der Waals surface area contributed by atoms with Crippen molar-refractivity contribution in [3.05, 3.63) is 69.7 Å². The topological polar surface area (TPSA) is 29.1 Å². The molecular weight excluding hydrogens is 258 g/mol. The Bertz CT molecular complexity index is 590. The van der Waals surface area contributed by atoms with Crippen molar-refractivity contribution in [2.75, 3.05) is 0 Å². The van der Waals surface area contributed by atoms with Crippen molar-refractivity contribution >= 4 is 17.5 Å². The van der Waals surface area contributed by atoms with Gasteiger partial charge in [0.1, 0.15) is 0 Å². The Morgan fingerprint density at radius 3 is 2.32 bits per heavy atom. The summed E-state index contributed by atoms with van der Waals surface area (Å²) < 4.78 is 0. The van der Waals surface area contributed by atoms with Crippen molar-refractivity contribution in [3.63, 3.8) is 0 Å². The van der Waals surface area contributed by atoms with Crippen LogP contribution in [0, 0.1) is 13.8 Å². The highest BCUT2D eigenvalue weighted by Crippen LogP contribution is 2.17. The number of rotatable bonds is 3. The van der Waals surface area contributed by atoms with Crippen molar-refractivity contribution in [1.82, 2.24) is 5.32 Å². The molecule has 19 heavy (non-hydrogen) atoms. The van der Waals surface area contributed by atoms with Crippen LogP contribution in [0.15, 0.2) is 42.5 Å². The molecule has 0 saturated carbocycles. The third-order valence-electron chi connectivity index (χ3n) is 2.94. The Hall–Kier alpha value is -1.80. The summed E-state index contributed by atoms with van der Waals surface area (Å²) in [5.41, 5.74) is 3.83. The highest BCUT2D eigenvalue weighted by atomic mass is 35.5. The number of nitrogens with one attached hydrogen (secondary N) is 1. The molecule has 2 nitrogen and oxygen atoms in total. The number of carbonyl (C=O) groups excluding carboxylic acids is 1. The molecule has 2 aromatic rings. The lowest BCUT2D eigenvalue weighted by molar-refractivity contribution is 0.0951. The molecule has 0 radical (unpaired) electrons. The van der Waals surface area contributed by atoms with Crippen LogP contribution in [0.5, 0.6) is 0 Å². The lowest BCUT2D eigenvalue weighted by Gasteiger charge is -2.07. The van der Waals surface area contributed by atoms with Crippen LogP contribution in [-0.4, -0.2) is 5.91 Å². The number of hydrogen-bond donors (Lipinski definition) is 1. The number of halogens is 1. The van der Waals surface area contributed by atoms with Crippen molar-refractivity contribution in [2.45, 2.75) is 20.4 Å². The number of hydrogen-bond acceptors (Lipinski definition) is 1. The predicted molar refractivity (Wildman–Crippen MR) is 78.5 cm³/mol. The third-order valence-corrected chi connectivity index (χ3v) is 3.26. The quantitative estimate of drug-likeness (QED) is 0.903. The van der Waals surface area contributed by atoms with E-state index in [1.807, 2.05) is 44.2 Å². The second-order valence-corrected chi connectivity index (χ2v) is 5.06. The number of carbonyl (C=O) groups is 1. The van der Waals surface area contributed by atoms with Crippen molar-refractivity contribution < 1.29 is 4.79 Å². The molecule has 1 N–H and O–H groups in total. The average molecular weight is 274 g/mol. The maximum atomic E-state index is 12.0. The van der Waals surface area contributed by atoms with E-state index in [0.717, 1.165) is 11.1 Å². The van der Waals surface area contributed by atoms with Crippen LogP contribution in [0.25, 0.3) is 0 Å². The first kappa shape index (κ1) is 13.6. The molecule has 98 valence electrons. The third kappa shape index (κ3) is 3.58. The average Bonchev–Trinajstić information content (AvgIpc) is 2.37. The minimum Gasteiger partial charge on any atom is -0.348 e. The molecule has 0 aliphatic carbocycles. The molecule has 0 aromatic heterocycles. The van der Waals surface area contributed by atoms with E-state index in [-0.39, 0.29) is 5.91 Å². The van der Waals surface area contributed by atoms with Gasteiger partial charge in [0, 0.05) is 6.54 Å². The fourth-order valence-electron chi connectivity index (χ4n) is 1.79. The van der Waals surface area contributed by atoms with Gasteiger partial charge in [-0.1, -0.05) is 47.5 Å². The first-order valence-electron chi connectivity index (χ1n) is 6.16. The SMILES string of the molecule is Cc1ccc(CNC(=O)c2ccc(C)cc2Cl)cc1. The summed E-state index contributed by atoms with van der Waals surface area (Å²) >= 11 is 6.07. The van der Waals surface area contributed by atoms with Gasteiger partial charge in [-0.05, 0) is 37.1 Å². The summed E-state index contributed by atoms with van der Waals surface area (Å²) in [6.45, 7) is 4.48. The largest absolute Gasteiger partial charge is 0.348 e. The van der Waals surface area contributed by atoms with E-state index in [0.29, 0.717) is 17.1 Å². The summed E-state index contributed by atoms with van der Waals surface area (Å²) in [7, 11) is 0. The maximum absolute atomic E-state index is 12.0. The van der Waals surface area contributed by atoms with E-state index < -0.39 is 0 Å². The van der Waals surface area contributed by atoms with E-state index in [1.54, 1.807) is 12.1 Å². The van der Waals surface area contributed by atoms with Crippen LogP contribution in [0.3, 0.4) is 0 Å². The number of benzene rings is 2. The van der Waals surface area contributed by atoms with Crippen LogP contribution < -0.4 is 5.32 Å². The fourth-order valence-corrected chi connectivity index (χ4v) is 2.11. The van der Waals surface area contributed by atoms with Crippen LogP contribution in [0.4, 0.5) is 0 Å². The summed E-state index contributed by atoms with van der Waals surface area (Å²) in [5, 5.41) is 3.36. The molecule has 0 fully saturated rings. The Labute approximate surface area is 118 Å². The highest BCUT2D eigenvalue weighted by Gasteiger charge is 2.09. The maximum Gasteiger partial charge on any atom is 0.253 e. The van der Waals surface area contributed by atoms with Crippen LogP contribution >= 0.6 is 11.6 Å². The number of amides is 1. The molecule has 3 heteroatoms. The van der Waals surface area contributed by atoms with Crippen molar-refractivity contribution in [1.29, 1.82) is 0 Å². The second kappa shape index (κ2) is 5.89. The number of aryl methyl sites for hydroxylation is 2. The summed E-state index contributed by atoms with van der Waals surface area (Å²) in [6.07, 6.45) is 0. The normalized spacial score (nSPS) is 10.3. The van der Waals surface area contributed by atoms with Gasteiger partial charge in [-0.2, -0.15) is 0 Å². The summed E-state index contributed by atoms with van der Waals surface area (Å²) in [4.78, 5) is 12.0. The monoisotopic (exact) mass is 273 g/mol. The molecule has 0 bridgehead atoms. The molecule has 0 aliphatic heterocycles. The molecule has 0 heterocycles. The van der Waals surface area contributed by atoms with Crippen LogP contribution in [0.2, 0.25) is 5.02 Å². The zero-order valence-corrected chi connectivity index (χ0v) is 11.8. The van der Waals surface area contributed by atoms with Gasteiger partial charge in [-0.3, -0.25) is 4.79 Å². The molecule has 2 rings (SSSR count). The molecule has 2 aromatic carbocycles. The van der Waals surface area contributed by atoms with Gasteiger partial charge < -0.3 is 5.32 Å². The lowest BCUT2D eigenvalue weighted by Crippen LogP contribution is -2.23. The molecule has 0 spiro atoms. The van der Waals surface area contributed by atoms with Gasteiger partial charge in [-0.15, -0.1) is 0 Å². The Morgan fingerprint density at radius 2 is 1.68 bits per heavy atom. The zero-order valence-electron chi connectivity index (χ0n) is 11.0. The van der Waals surface area contributed by atoms with Crippen LogP contribution in [0.1, 0.15) is 27.0 Å². The van der Waals surface area contributed by atoms with Crippen molar-refractivity contribution in [3.8, 4) is 0 Å². The molecule has 0 aliphatic rings. The first-order chi connectivity index (χ1) is 9.06. The predicted octanol–water partition coefficient (Wildman–Crippen LogP) is 3.89. The Kier molecular flexibility index (Phi) is 4.23. The minimum absolute atomic E-state index is 0.148. The molecule has 1 amide bonds. The Morgan fingerprint density at radius 1 is 1.05 bits per heavy atom. The molecule has 0 unspecified atom stereocenters. The van der Waals surface area contributed by atoms with E-state index in [2.05, 4.69) is 5.32 Å². The standard InChI is InChI=1S/C16H16ClNO/c1-11-3-6-13(7-4-11)10-18-16(19)14-8-5-12(2)9-15(14)17/h3-9H,10H2,1-2H3,(H,18,19). The molecule has 0 saturated heterocycles. The molecule has 0 atom stereocenters. The van der Waals surface area contributed by atoms with Gasteiger partial charge in [0.2, 0.25) is 0 Å². The molecular formula is C16H16ClNO. The lowest BCUT2D eigenvalue weighted by atomic mass is 10.1. The Balaban J connectivity index is 2.03. The summed E-state index contributed by atoms with van der Waals surface area (Å²) in [6, 6.07) is 13.5. The van der Waals surface area contributed by atoms with Gasteiger partial charge in [0.05, 0.1) is 10.6 Å². The first-order valence-corrected chi connectivity index (χ1v) is 6.54. The van der Waals surface area contributed by atoms with E-state index in [1.165, 1.54) is 5.56 Å². The second-order valence-electron chi connectivity index (χ2n) is 4.65. The van der Waals surface area contributed by atoms with E-state index in [4.69, 9.17) is 11.6 Å². The highest BCUT2D eigenvalue weighted by molar-refractivity contribution is 6.33. The zero-order chi connectivity index (χ0) is 13.8. The summed E-state index contributed by atoms with van der Waals surface area (Å²) in [5.74, 6) is -0.148.